The molecule has 1 fully saturated rings. The molecule has 13 heteroatoms. The van der Waals surface area contributed by atoms with Gasteiger partial charge in [0.25, 0.3) is 0 Å². The molecule has 0 aromatic heterocycles. The molecule has 0 aromatic carbocycles. The molecule has 11 nitrogen and oxygen atoms in total. The fourth-order valence-electron chi connectivity index (χ4n) is 4.25. The van der Waals surface area contributed by atoms with E-state index in [-0.39, 0.29) is 42.6 Å². The van der Waals surface area contributed by atoms with E-state index in [0.29, 0.717) is 6.42 Å². The van der Waals surface area contributed by atoms with Gasteiger partial charge >= 0.3 is 35.5 Å². The molecule has 40 heavy (non-hydrogen) atoms. The van der Waals surface area contributed by atoms with Crippen LogP contribution in [0.1, 0.15) is 96.8 Å². The molecule has 1 rings (SSSR count). The van der Waals surface area contributed by atoms with Gasteiger partial charge in [0.05, 0.1) is 22.5 Å². The van der Waals surface area contributed by atoms with Crippen LogP contribution in [0.2, 0.25) is 0 Å². The van der Waals surface area contributed by atoms with Crippen molar-refractivity contribution in [2.75, 3.05) is 19.0 Å². The van der Waals surface area contributed by atoms with E-state index in [9.17, 15) is 38.2 Å². The summed E-state index contributed by atoms with van der Waals surface area (Å²) in [5.74, 6) is -1.59. The molecular weight excluding hydrogens is 555 g/mol. The number of esters is 1. The van der Waals surface area contributed by atoms with Crippen molar-refractivity contribution < 1.29 is 82.0 Å². The molecule has 1 heterocycles. The number of ether oxygens (including phenoxy) is 3. The molecule has 0 saturated carbocycles. The monoisotopic (exact) mass is 604 g/mol. The molecule has 0 aliphatic carbocycles. The van der Waals surface area contributed by atoms with E-state index in [1.54, 1.807) is 0 Å². The normalized spacial score (nSPS) is 24.1. The average molecular weight is 605 g/mol. The molecule has 6 unspecified atom stereocenters. The van der Waals surface area contributed by atoms with Crippen molar-refractivity contribution in [1.82, 2.24) is 0 Å². The van der Waals surface area contributed by atoms with Crippen LogP contribution in [0.25, 0.3) is 0 Å². The van der Waals surface area contributed by atoms with Crippen LogP contribution in [0.5, 0.6) is 0 Å². The van der Waals surface area contributed by atoms with E-state index in [2.05, 4.69) is 19.1 Å². The third-order valence-corrected chi connectivity index (χ3v) is 7.31. The Kier molecular flexibility index (Phi) is 23.3. The zero-order valence-electron chi connectivity index (χ0n) is 24.2. The Morgan fingerprint density at radius 2 is 1.43 bits per heavy atom. The van der Waals surface area contributed by atoms with E-state index >= 15 is 0 Å². The van der Waals surface area contributed by atoms with E-state index in [0.717, 1.165) is 38.5 Å². The van der Waals surface area contributed by atoms with Crippen molar-refractivity contribution >= 4 is 16.1 Å². The number of allylic oxidation sites excluding steroid dienone is 2. The zero-order valence-corrected chi connectivity index (χ0v) is 27.0. The van der Waals surface area contributed by atoms with Crippen LogP contribution in [-0.4, -0.2) is 95.1 Å². The number of aliphatic hydroxyl groups is 4. The molecule has 0 aromatic rings. The first-order valence-corrected chi connectivity index (χ1v) is 15.9. The number of hydrogen-bond acceptors (Lipinski definition) is 11. The molecule has 4 N–H and O–H groups in total. The number of rotatable bonds is 22. The minimum absolute atomic E-state index is 0. The van der Waals surface area contributed by atoms with Crippen LogP contribution < -0.4 is 29.6 Å². The average Bonchev–Trinajstić information content (AvgIpc) is 2.88. The first-order chi connectivity index (χ1) is 18.5. The van der Waals surface area contributed by atoms with Crippen molar-refractivity contribution in [3.8, 4) is 0 Å². The molecule has 0 radical (unpaired) electrons. The first-order valence-electron chi connectivity index (χ1n) is 14.3. The van der Waals surface area contributed by atoms with Gasteiger partial charge in [0.15, 0.2) is 6.29 Å². The quantitative estimate of drug-likeness (QED) is 0.0403. The second-order valence-electron chi connectivity index (χ2n) is 10.2. The van der Waals surface area contributed by atoms with Crippen LogP contribution in [0, 0.1) is 0 Å². The van der Waals surface area contributed by atoms with Gasteiger partial charge in [-0.2, -0.15) is 0 Å². The summed E-state index contributed by atoms with van der Waals surface area (Å²) in [6, 6.07) is 0. The first kappa shape index (κ1) is 39.9. The van der Waals surface area contributed by atoms with Gasteiger partial charge in [-0.05, 0) is 32.1 Å². The van der Waals surface area contributed by atoms with Crippen LogP contribution in [0.15, 0.2) is 12.2 Å². The maximum absolute atomic E-state index is 11.9. The summed E-state index contributed by atoms with van der Waals surface area (Å²) in [4.78, 5) is 11.9. The van der Waals surface area contributed by atoms with Gasteiger partial charge in [0.1, 0.15) is 37.1 Å². The van der Waals surface area contributed by atoms with Crippen molar-refractivity contribution in [3.63, 3.8) is 0 Å². The fourth-order valence-corrected chi connectivity index (χ4v) is 4.93. The van der Waals surface area contributed by atoms with Gasteiger partial charge in [-0.3, -0.25) is 4.79 Å². The second-order valence-corrected chi connectivity index (χ2v) is 11.7. The number of carbonyl (C=O) groups is 1. The number of unbranched alkanes of at least 4 members (excludes halogenated alkanes) is 11. The minimum Gasteiger partial charge on any atom is -0.748 e. The predicted molar refractivity (Wildman–Crippen MR) is 144 cm³/mol. The topological polar surface area (TPSA) is 183 Å². The molecule has 0 spiro atoms. The third kappa shape index (κ3) is 19.1. The van der Waals surface area contributed by atoms with Crippen LogP contribution in [-0.2, 0) is 29.1 Å². The molecule has 1 saturated heterocycles. The van der Waals surface area contributed by atoms with Gasteiger partial charge in [0, 0.05) is 6.42 Å². The van der Waals surface area contributed by atoms with Crippen molar-refractivity contribution in [2.24, 2.45) is 0 Å². The SMILES string of the molecule is CCCCCCCC/C=C/CCCCCCCC(=O)OCC(O)COC1OC(CS(=O)(=O)[O-])C(O)C(O)C1O.[Na+]. The maximum atomic E-state index is 11.9. The molecule has 1 aliphatic heterocycles. The van der Waals surface area contributed by atoms with Crippen molar-refractivity contribution in [2.45, 2.75) is 134 Å². The minimum atomic E-state index is -4.79. The van der Waals surface area contributed by atoms with Gasteiger partial charge in [0.2, 0.25) is 0 Å². The largest absolute Gasteiger partial charge is 1.00 e. The Morgan fingerprint density at radius 1 is 0.875 bits per heavy atom. The van der Waals surface area contributed by atoms with Crippen LogP contribution in [0.3, 0.4) is 0 Å². The van der Waals surface area contributed by atoms with Gasteiger partial charge in [-0.15, -0.1) is 0 Å². The number of carbonyl (C=O) groups excluding carboxylic acids is 1. The molecule has 0 bridgehead atoms. The summed E-state index contributed by atoms with van der Waals surface area (Å²) in [7, 11) is -4.79. The molecular formula is C27H49NaO11S. The Morgan fingerprint density at radius 3 is 2.00 bits per heavy atom. The van der Waals surface area contributed by atoms with Crippen LogP contribution >= 0.6 is 0 Å². The smallest absolute Gasteiger partial charge is 0.748 e. The Labute approximate surface area is 261 Å². The van der Waals surface area contributed by atoms with Crippen molar-refractivity contribution in [1.29, 1.82) is 0 Å². The Hall–Kier alpha value is -0.120. The van der Waals surface area contributed by atoms with Gasteiger partial charge < -0.3 is 39.2 Å². The summed E-state index contributed by atoms with van der Waals surface area (Å²) in [6.07, 6.45) is 9.91. The Bertz CT molecular complexity index is 780. The van der Waals surface area contributed by atoms with Crippen LogP contribution in [0.4, 0.5) is 0 Å². The molecule has 230 valence electrons. The fraction of sp³-hybridized carbons (Fsp3) is 0.889. The van der Waals surface area contributed by atoms with Crippen molar-refractivity contribution in [3.05, 3.63) is 12.2 Å². The molecule has 0 amide bonds. The van der Waals surface area contributed by atoms with E-state index in [1.807, 2.05) is 0 Å². The summed E-state index contributed by atoms with van der Waals surface area (Å²) >= 11 is 0. The zero-order chi connectivity index (χ0) is 29.1. The van der Waals surface area contributed by atoms with E-state index < -0.39 is 65.3 Å². The van der Waals surface area contributed by atoms with E-state index in [4.69, 9.17) is 14.2 Å². The van der Waals surface area contributed by atoms with Gasteiger partial charge in [-0.1, -0.05) is 70.4 Å². The van der Waals surface area contributed by atoms with Gasteiger partial charge in [-0.25, -0.2) is 8.42 Å². The predicted octanol–water partition coefficient (Wildman–Crippen LogP) is -0.699. The number of aliphatic hydroxyl groups excluding tert-OH is 4. The Balaban J connectivity index is 0.0000152. The summed E-state index contributed by atoms with van der Waals surface area (Å²) in [6.45, 7) is 1.39. The standard InChI is InChI=1S/C27H50O11S.Na/c1-2-3-4-5-6-7-8-9-10-11-12-13-14-15-16-17-23(29)36-18-21(28)19-37-27-26(32)25(31)24(30)22(38-27)20-39(33,34)35;/h9-10,21-22,24-28,30-32H,2-8,11-20H2,1H3,(H,33,34,35);/q;+1/p-1/b10-9+;. The maximum Gasteiger partial charge on any atom is 1.00 e. The summed E-state index contributed by atoms with van der Waals surface area (Å²) in [5.41, 5.74) is 0. The summed E-state index contributed by atoms with van der Waals surface area (Å²) < 4.78 is 48.1. The molecule has 6 atom stereocenters. The van der Waals surface area contributed by atoms with E-state index in [1.165, 1.54) is 38.5 Å². The third-order valence-electron chi connectivity index (χ3n) is 6.57. The second kappa shape index (κ2) is 23.3. The number of hydrogen-bond donors (Lipinski definition) is 4. The molecule has 1 aliphatic rings. The summed E-state index contributed by atoms with van der Waals surface area (Å²) in [5, 5.41) is 39.6.